The number of carboxylic acid groups (broad SMARTS) is 1. The average Bonchev–Trinajstić information content (AvgIpc) is 2.96. The predicted octanol–water partition coefficient (Wildman–Crippen LogP) is 0.895. The van der Waals surface area contributed by atoms with Crippen LogP contribution in [0.25, 0.3) is 6.08 Å². The Labute approximate surface area is 144 Å². The van der Waals surface area contributed by atoms with Crippen LogP contribution < -0.4 is 0 Å². The first-order valence-electron chi connectivity index (χ1n) is 8.14. The number of nitrogens with zero attached hydrogens (tertiary/aromatic N) is 3. The van der Waals surface area contributed by atoms with Crippen LogP contribution >= 0.6 is 0 Å². The van der Waals surface area contributed by atoms with Crippen molar-refractivity contribution in [3.63, 3.8) is 0 Å². The maximum Gasteiger partial charge on any atom is 0.352 e. The number of hydrogen-bond acceptors (Lipinski definition) is 4. The Morgan fingerprint density at radius 2 is 2.16 bits per heavy atom. The normalized spacial score (nSPS) is 27.6. The van der Waals surface area contributed by atoms with Gasteiger partial charge in [-0.25, -0.2) is 4.79 Å². The van der Waals surface area contributed by atoms with E-state index in [1.54, 1.807) is 35.5 Å². The molecule has 0 spiro atoms. The molecule has 2 unspecified atom stereocenters. The highest BCUT2D eigenvalue weighted by Gasteiger charge is 2.63. The summed E-state index contributed by atoms with van der Waals surface area (Å²) in [6, 6.07) is 2.96. The lowest BCUT2D eigenvalue weighted by atomic mass is 9.79. The molecule has 1 aromatic rings. The van der Waals surface area contributed by atoms with E-state index in [0.717, 1.165) is 5.56 Å². The van der Waals surface area contributed by atoms with E-state index >= 15 is 0 Å². The SMILES string of the molecule is CC(=O)N1CC2CC(/C=C/c3cccnc3)=C(C(=O)O)N3C(=O)C1[C@@H]23. The Bertz CT molecular complexity index is 830. The van der Waals surface area contributed by atoms with E-state index in [1.165, 1.54) is 11.8 Å². The maximum atomic E-state index is 12.5. The molecule has 1 N–H and O–H groups in total. The summed E-state index contributed by atoms with van der Waals surface area (Å²) in [5.74, 6) is -1.48. The molecule has 3 aliphatic rings. The van der Waals surface area contributed by atoms with Gasteiger partial charge in [0, 0.05) is 31.8 Å². The first kappa shape index (κ1) is 15.6. The second kappa shape index (κ2) is 5.54. The lowest BCUT2D eigenvalue weighted by Gasteiger charge is -2.49. The first-order valence-corrected chi connectivity index (χ1v) is 8.14. The zero-order valence-electron chi connectivity index (χ0n) is 13.6. The fourth-order valence-corrected chi connectivity index (χ4v) is 4.12. The van der Waals surface area contributed by atoms with Gasteiger partial charge in [-0.05, 0) is 23.6 Å². The number of β-lactam (4-membered cyclic amide) rings is 1. The zero-order valence-corrected chi connectivity index (χ0v) is 13.6. The number of rotatable bonds is 3. The first-order chi connectivity index (χ1) is 12.0. The van der Waals surface area contributed by atoms with E-state index in [1.807, 2.05) is 6.07 Å². The van der Waals surface area contributed by atoms with Crippen LogP contribution in [-0.2, 0) is 14.4 Å². The summed E-state index contributed by atoms with van der Waals surface area (Å²) in [6.45, 7) is 1.94. The average molecular weight is 339 g/mol. The summed E-state index contributed by atoms with van der Waals surface area (Å²) in [5.41, 5.74) is 1.49. The van der Waals surface area contributed by atoms with E-state index in [4.69, 9.17) is 0 Å². The smallest absolute Gasteiger partial charge is 0.352 e. The third kappa shape index (κ3) is 2.26. The minimum atomic E-state index is -1.11. The van der Waals surface area contributed by atoms with E-state index in [9.17, 15) is 19.5 Å². The summed E-state index contributed by atoms with van der Waals surface area (Å²) in [5, 5.41) is 9.64. The molecule has 7 heteroatoms. The molecule has 3 aliphatic heterocycles. The molecule has 25 heavy (non-hydrogen) atoms. The largest absolute Gasteiger partial charge is 0.477 e. The molecule has 2 amide bonds. The molecular formula is C18H17N3O4. The van der Waals surface area contributed by atoms with Crippen LogP contribution in [0.15, 0.2) is 41.9 Å². The molecule has 0 radical (unpaired) electrons. The lowest BCUT2D eigenvalue weighted by molar-refractivity contribution is -0.159. The monoisotopic (exact) mass is 339 g/mol. The summed E-state index contributed by atoms with van der Waals surface area (Å²) in [4.78, 5) is 43.0. The van der Waals surface area contributed by atoms with Crippen molar-refractivity contribution < 1.29 is 19.5 Å². The van der Waals surface area contributed by atoms with Crippen LogP contribution in [0.1, 0.15) is 18.9 Å². The van der Waals surface area contributed by atoms with Gasteiger partial charge in [0.15, 0.2) is 0 Å². The summed E-state index contributed by atoms with van der Waals surface area (Å²) in [7, 11) is 0. The molecular weight excluding hydrogens is 322 g/mol. The van der Waals surface area contributed by atoms with Crippen molar-refractivity contribution in [3.8, 4) is 0 Å². The Morgan fingerprint density at radius 3 is 2.80 bits per heavy atom. The van der Waals surface area contributed by atoms with Crippen molar-refractivity contribution >= 4 is 23.9 Å². The van der Waals surface area contributed by atoms with Crippen LogP contribution in [0.5, 0.6) is 0 Å². The fourth-order valence-electron chi connectivity index (χ4n) is 4.12. The van der Waals surface area contributed by atoms with Gasteiger partial charge in [-0.15, -0.1) is 0 Å². The molecule has 0 aliphatic carbocycles. The van der Waals surface area contributed by atoms with Gasteiger partial charge in [0.2, 0.25) is 5.91 Å². The van der Waals surface area contributed by atoms with Crippen molar-refractivity contribution in [2.24, 2.45) is 5.92 Å². The molecule has 4 heterocycles. The van der Waals surface area contributed by atoms with Crippen molar-refractivity contribution in [2.45, 2.75) is 25.4 Å². The molecule has 0 aromatic carbocycles. The van der Waals surface area contributed by atoms with Crippen molar-refractivity contribution in [1.29, 1.82) is 0 Å². The third-order valence-electron chi connectivity index (χ3n) is 5.16. The Hall–Kier alpha value is -2.96. The summed E-state index contributed by atoms with van der Waals surface area (Å²) < 4.78 is 0. The maximum absolute atomic E-state index is 12.5. The fraction of sp³-hybridized carbons (Fsp3) is 0.333. The molecule has 7 nitrogen and oxygen atoms in total. The van der Waals surface area contributed by atoms with Crippen molar-refractivity contribution in [3.05, 3.63) is 47.4 Å². The van der Waals surface area contributed by atoms with Crippen LogP contribution in [0.3, 0.4) is 0 Å². The number of carbonyl (C=O) groups excluding carboxylic acids is 2. The number of aliphatic carboxylic acids is 1. The summed E-state index contributed by atoms with van der Waals surface area (Å²) in [6.07, 6.45) is 7.42. The Kier molecular flexibility index (Phi) is 3.45. The minimum absolute atomic E-state index is 0.0352. The highest BCUT2D eigenvalue weighted by Crippen LogP contribution is 2.47. The van der Waals surface area contributed by atoms with Gasteiger partial charge in [0.1, 0.15) is 11.7 Å². The third-order valence-corrected chi connectivity index (χ3v) is 5.16. The van der Waals surface area contributed by atoms with Gasteiger partial charge < -0.3 is 10.0 Å². The number of carbonyl (C=O) groups is 3. The topological polar surface area (TPSA) is 90.8 Å². The molecule has 4 rings (SSSR count). The lowest BCUT2D eigenvalue weighted by Crippen LogP contribution is -2.69. The number of likely N-dealkylation sites (tertiary alicyclic amines) is 1. The minimum Gasteiger partial charge on any atom is -0.477 e. The molecule has 0 bridgehead atoms. The predicted molar refractivity (Wildman–Crippen MR) is 87.8 cm³/mol. The van der Waals surface area contributed by atoms with Crippen LogP contribution in [0, 0.1) is 5.92 Å². The number of pyridine rings is 1. The second-order valence-corrected chi connectivity index (χ2v) is 6.58. The second-order valence-electron chi connectivity index (χ2n) is 6.58. The number of allylic oxidation sites excluding steroid dienone is 2. The van der Waals surface area contributed by atoms with E-state index in [0.29, 0.717) is 18.5 Å². The van der Waals surface area contributed by atoms with E-state index < -0.39 is 12.0 Å². The summed E-state index contributed by atoms with van der Waals surface area (Å²) >= 11 is 0. The van der Waals surface area contributed by atoms with Gasteiger partial charge >= 0.3 is 5.97 Å². The molecule has 3 atom stereocenters. The van der Waals surface area contributed by atoms with Gasteiger partial charge in [-0.2, -0.15) is 0 Å². The number of hydrogen-bond donors (Lipinski definition) is 1. The number of amides is 2. The molecule has 2 saturated heterocycles. The molecule has 128 valence electrons. The van der Waals surface area contributed by atoms with E-state index in [-0.39, 0.29) is 29.5 Å². The van der Waals surface area contributed by atoms with Gasteiger partial charge in [0.25, 0.3) is 5.91 Å². The zero-order chi connectivity index (χ0) is 17.7. The molecule has 2 fully saturated rings. The highest BCUT2D eigenvalue weighted by molar-refractivity contribution is 6.02. The van der Waals surface area contributed by atoms with Crippen LogP contribution in [-0.4, -0.2) is 56.3 Å². The van der Waals surface area contributed by atoms with Gasteiger partial charge in [0.05, 0.1) is 6.04 Å². The van der Waals surface area contributed by atoms with Gasteiger partial charge in [-0.3, -0.25) is 19.5 Å². The van der Waals surface area contributed by atoms with Crippen molar-refractivity contribution in [1.82, 2.24) is 14.8 Å². The Morgan fingerprint density at radius 1 is 1.36 bits per heavy atom. The van der Waals surface area contributed by atoms with Crippen LogP contribution in [0.2, 0.25) is 0 Å². The highest BCUT2D eigenvalue weighted by atomic mass is 16.4. The van der Waals surface area contributed by atoms with Crippen molar-refractivity contribution in [2.75, 3.05) is 6.54 Å². The molecule has 0 saturated carbocycles. The number of aromatic nitrogens is 1. The Balaban J connectivity index is 1.70. The van der Waals surface area contributed by atoms with Gasteiger partial charge in [-0.1, -0.05) is 18.2 Å². The number of carboxylic acids is 1. The molecule has 1 aromatic heterocycles. The van der Waals surface area contributed by atoms with E-state index in [2.05, 4.69) is 4.98 Å². The quantitative estimate of drug-likeness (QED) is 0.826. The standard InChI is InChI=1S/C18H17N3O4/c1-10(22)20-9-13-7-12(5-4-11-3-2-6-19-8-11)15(18(24)25)21-14(13)16(20)17(21)23/h2-6,8,13-14,16H,7,9H2,1H3,(H,24,25)/b5-4+/t13?,14-,16?/m1/s1. The van der Waals surface area contributed by atoms with Crippen LogP contribution in [0.4, 0.5) is 0 Å².